The Morgan fingerprint density at radius 2 is 1.92 bits per heavy atom. The number of nitrogens with zero attached hydrogens (tertiary/aromatic N) is 6. The average molecular weight is 530 g/mol. The lowest BCUT2D eigenvalue weighted by Crippen LogP contribution is -2.48. The maximum absolute atomic E-state index is 11.5. The van der Waals surface area contributed by atoms with Gasteiger partial charge in [-0.15, -0.1) is 0 Å². The lowest BCUT2D eigenvalue weighted by atomic mass is 10.2. The van der Waals surface area contributed by atoms with Crippen LogP contribution in [0.25, 0.3) is 10.9 Å². The highest BCUT2D eigenvalue weighted by molar-refractivity contribution is 6.33. The fourth-order valence-electron chi connectivity index (χ4n) is 4.07. The van der Waals surface area contributed by atoms with Gasteiger partial charge in [0.05, 0.1) is 36.9 Å². The third kappa shape index (κ3) is 6.86. The van der Waals surface area contributed by atoms with Crippen molar-refractivity contribution in [3.8, 4) is 17.5 Å². The molecule has 0 bridgehead atoms. The molecular weight excluding hydrogens is 498 g/mol. The van der Waals surface area contributed by atoms with E-state index < -0.39 is 0 Å². The van der Waals surface area contributed by atoms with Crippen LogP contribution in [0.4, 0.5) is 11.6 Å². The van der Waals surface area contributed by atoms with Gasteiger partial charge < -0.3 is 24.4 Å². The lowest BCUT2D eigenvalue weighted by molar-refractivity contribution is -0.130. The van der Waals surface area contributed by atoms with Crippen LogP contribution in [0.1, 0.15) is 27.2 Å². The SMILES string of the molecule is COc1ncc(Cl)c(Nc2ncnc3cc(OCCCN4CCN(C(C)=O)CC4)cc(OC(C)C)c23)n1. The molecule has 198 valence electrons. The molecule has 1 amide bonds. The van der Waals surface area contributed by atoms with Gasteiger partial charge in [-0.2, -0.15) is 4.98 Å². The molecule has 2 aromatic heterocycles. The first-order valence-electron chi connectivity index (χ1n) is 12.2. The van der Waals surface area contributed by atoms with E-state index in [1.807, 2.05) is 30.9 Å². The van der Waals surface area contributed by atoms with E-state index in [-0.39, 0.29) is 18.0 Å². The molecule has 1 N–H and O–H groups in total. The Labute approximate surface area is 221 Å². The van der Waals surface area contributed by atoms with Crippen molar-refractivity contribution < 1.29 is 19.0 Å². The number of anilines is 2. The number of rotatable bonds is 10. The first kappa shape index (κ1) is 26.6. The molecule has 1 fully saturated rings. The number of piperazine rings is 1. The zero-order valence-corrected chi connectivity index (χ0v) is 22.3. The molecule has 3 aromatic rings. The molecule has 1 saturated heterocycles. The second kappa shape index (κ2) is 12.2. The van der Waals surface area contributed by atoms with Crippen molar-refractivity contribution in [1.82, 2.24) is 29.7 Å². The number of benzene rings is 1. The maximum Gasteiger partial charge on any atom is 0.318 e. The molecular formula is C25H32ClN7O4. The fraction of sp³-hybridized carbons (Fsp3) is 0.480. The minimum Gasteiger partial charge on any atom is -0.493 e. The van der Waals surface area contributed by atoms with E-state index in [2.05, 4.69) is 30.2 Å². The lowest BCUT2D eigenvalue weighted by Gasteiger charge is -2.34. The Morgan fingerprint density at radius 1 is 1.14 bits per heavy atom. The van der Waals surface area contributed by atoms with Crippen molar-refractivity contribution in [2.75, 3.05) is 51.8 Å². The van der Waals surface area contributed by atoms with E-state index in [1.165, 1.54) is 19.6 Å². The molecule has 4 rings (SSSR count). The normalized spacial score (nSPS) is 14.2. The summed E-state index contributed by atoms with van der Waals surface area (Å²) in [6.07, 6.45) is 3.70. The van der Waals surface area contributed by atoms with Crippen LogP contribution in [0.15, 0.2) is 24.7 Å². The monoisotopic (exact) mass is 529 g/mol. The number of carbonyl (C=O) groups is 1. The van der Waals surface area contributed by atoms with Crippen LogP contribution in [0, 0.1) is 0 Å². The van der Waals surface area contributed by atoms with Gasteiger partial charge in [0.15, 0.2) is 5.82 Å². The fourth-order valence-corrected chi connectivity index (χ4v) is 4.21. The van der Waals surface area contributed by atoms with Crippen LogP contribution in [0.5, 0.6) is 17.5 Å². The topological polar surface area (TPSA) is 115 Å². The summed E-state index contributed by atoms with van der Waals surface area (Å²) in [5, 5.41) is 4.16. The molecule has 0 saturated carbocycles. The molecule has 0 radical (unpaired) electrons. The van der Waals surface area contributed by atoms with Gasteiger partial charge in [-0.1, -0.05) is 11.6 Å². The minimum absolute atomic E-state index is 0.0806. The summed E-state index contributed by atoms with van der Waals surface area (Å²) in [6, 6.07) is 3.90. The summed E-state index contributed by atoms with van der Waals surface area (Å²) >= 11 is 6.29. The van der Waals surface area contributed by atoms with Gasteiger partial charge in [0, 0.05) is 51.8 Å². The molecule has 1 aliphatic rings. The van der Waals surface area contributed by atoms with Gasteiger partial charge >= 0.3 is 6.01 Å². The first-order chi connectivity index (χ1) is 17.8. The van der Waals surface area contributed by atoms with Crippen molar-refractivity contribution in [2.24, 2.45) is 0 Å². The van der Waals surface area contributed by atoms with Gasteiger partial charge in [-0.3, -0.25) is 9.69 Å². The molecule has 3 heterocycles. The van der Waals surface area contributed by atoms with Crippen molar-refractivity contribution >= 4 is 40.0 Å². The Hall–Kier alpha value is -3.44. The van der Waals surface area contributed by atoms with Gasteiger partial charge in [0.2, 0.25) is 5.91 Å². The van der Waals surface area contributed by atoms with E-state index in [9.17, 15) is 4.79 Å². The van der Waals surface area contributed by atoms with E-state index >= 15 is 0 Å². The Morgan fingerprint density at radius 3 is 2.62 bits per heavy atom. The summed E-state index contributed by atoms with van der Waals surface area (Å²) < 4.78 is 17.3. The van der Waals surface area contributed by atoms with Crippen LogP contribution in [-0.2, 0) is 4.79 Å². The molecule has 1 aliphatic heterocycles. The summed E-state index contributed by atoms with van der Waals surface area (Å²) in [5.74, 6) is 2.23. The quantitative estimate of drug-likeness (QED) is 0.391. The van der Waals surface area contributed by atoms with E-state index in [0.717, 1.165) is 39.1 Å². The zero-order valence-electron chi connectivity index (χ0n) is 21.5. The molecule has 0 unspecified atom stereocenters. The average Bonchev–Trinajstić information content (AvgIpc) is 2.88. The van der Waals surface area contributed by atoms with Crippen molar-refractivity contribution in [3.63, 3.8) is 0 Å². The Bertz CT molecular complexity index is 1240. The standard InChI is InChI=1S/C25H32ClN7O4/c1-16(2)37-21-13-18(36-11-5-6-32-7-9-33(10-8-32)17(3)34)12-20-22(21)24(29-15-28-20)30-23-19(26)14-27-25(31-23)35-4/h12-16H,5-11H2,1-4H3,(H,27,28,29,30,31). The number of aromatic nitrogens is 4. The van der Waals surface area contributed by atoms with Crippen molar-refractivity contribution in [3.05, 3.63) is 29.7 Å². The predicted molar refractivity (Wildman–Crippen MR) is 141 cm³/mol. The number of amides is 1. The highest BCUT2D eigenvalue weighted by Gasteiger charge is 2.19. The van der Waals surface area contributed by atoms with Crippen LogP contribution in [0.3, 0.4) is 0 Å². The maximum atomic E-state index is 11.5. The van der Waals surface area contributed by atoms with E-state index in [0.29, 0.717) is 45.7 Å². The van der Waals surface area contributed by atoms with Crippen LogP contribution in [0.2, 0.25) is 5.02 Å². The van der Waals surface area contributed by atoms with Gasteiger partial charge in [0.1, 0.15) is 28.7 Å². The summed E-state index contributed by atoms with van der Waals surface area (Å²) in [7, 11) is 1.48. The van der Waals surface area contributed by atoms with Gasteiger partial charge in [-0.05, 0) is 20.3 Å². The van der Waals surface area contributed by atoms with Gasteiger partial charge in [-0.25, -0.2) is 15.0 Å². The number of fused-ring (bicyclic) bond motifs is 1. The largest absolute Gasteiger partial charge is 0.493 e. The molecule has 0 spiro atoms. The number of ether oxygens (including phenoxy) is 3. The number of hydrogen-bond acceptors (Lipinski definition) is 10. The van der Waals surface area contributed by atoms with Crippen molar-refractivity contribution in [2.45, 2.75) is 33.3 Å². The first-order valence-corrected chi connectivity index (χ1v) is 12.6. The third-order valence-electron chi connectivity index (χ3n) is 5.88. The minimum atomic E-state index is -0.0806. The predicted octanol–water partition coefficient (Wildman–Crippen LogP) is 3.55. The summed E-state index contributed by atoms with van der Waals surface area (Å²) in [6.45, 7) is 10.3. The summed E-state index contributed by atoms with van der Waals surface area (Å²) in [4.78, 5) is 32.9. The highest BCUT2D eigenvalue weighted by Crippen LogP contribution is 2.36. The van der Waals surface area contributed by atoms with Gasteiger partial charge in [0.25, 0.3) is 0 Å². The molecule has 0 aliphatic carbocycles. The second-order valence-corrected chi connectivity index (χ2v) is 9.34. The number of hydrogen-bond donors (Lipinski definition) is 1. The molecule has 1 aromatic carbocycles. The smallest absolute Gasteiger partial charge is 0.318 e. The van der Waals surface area contributed by atoms with Crippen molar-refractivity contribution in [1.29, 1.82) is 0 Å². The van der Waals surface area contributed by atoms with Crippen LogP contribution in [-0.4, -0.2) is 88.2 Å². The molecule has 0 atom stereocenters. The third-order valence-corrected chi connectivity index (χ3v) is 6.16. The highest BCUT2D eigenvalue weighted by atomic mass is 35.5. The molecule has 11 nitrogen and oxygen atoms in total. The van der Waals surface area contributed by atoms with E-state index in [1.54, 1.807) is 6.92 Å². The Balaban J connectivity index is 1.48. The second-order valence-electron chi connectivity index (χ2n) is 8.93. The van der Waals surface area contributed by atoms with Crippen LogP contribution >= 0.6 is 11.6 Å². The molecule has 37 heavy (non-hydrogen) atoms. The van der Waals surface area contributed by atoms with E-state index in [4.69, 9.17) is 25.8 Å². The Kier molecular flexibility index (Phi) is 8.78. The summed E-state index contributed by atoms with van der Waals surface area (Å²) in [5.41, 5.74) is 0.656. The van der Waals surface area contributed by atoms with Crippen LogP contribution < -0.4 is 19.5 Å². The number of carbonyl (C=O) groups excluding carboxylic acids is 1. The zero-order chi connectivity index (χ0) is 26.4. The number of methoxy groups -OCH3 is 1. The molecule has 12 heteroatoms. The number of nitrogens with one attached hydrogen (secondary N) is 1. The number of halogens is 1.